The van der Waals surface area contributed by atoms with Crippen LogP contribution in [-0.2, 0) is 0 Å². The molecular weight excluding hydrogens is 196 g/mol. The quantitative estimate of drug-likeness (QED) is 0.793. The summed E-state index contributed by atoms with van der Waals surface area (Å²) < 4.78 is 0. The Morgan fingerprint density at radius 3 is 2.31 bits per heavy atom. The second-order valence-electron chi connectivity index (χ2n) is 4.79. The van der Waals surface area contributed by atoms with Crippen molar-refractivity contribution in [3.05, 3.63) is 35.9 Å². The molecule has 0 amide bonds. The first-order valence-electron chi connectivity index (χ1n) is 6.05. The minimum absolute atomic E-state index is 0.429. The van der Waals surface area contributed by atoms with Gasteiger partial charge in [-0.1, -0.05) is 30.3 Å². The Hall–Kier alpha value is -0.860. The molecule has 2 atom stereocenters. The van der Waals surface area contributed by atoms with Gasteiger partial charge in [0.1, 0.15) is 0 Å². The third kappa shape index (κ3) is 4.77. The van der Waals surface area contributed by atoms with E-state index in [0.29, 0.717) is 12.1 Å². The molecule has 0 saturated heterocycles. The molecule has 0 aromatic heterocycles. The van der Waals surface area contributed by atoms with Crippen molar-refractivity contribution in [1.82, 2.24) is 10.2 Å². The fraction of sp³-hybridized carbons (Fsp3) is 0.571. The van der Waals surface area contributed by atoms with Gasteiger partial charge in [0.05, 0.1) is 0 Å². The maximum Gasteiger partial charge on any atom is 0.0294 e. The van der Waals surface area contributed by atoms with E-state index in [9.17, 15) is 0 Å². The first-order valence-corrected chi connectivity index (χ1v) is 6.05. The van der Waals surface area contributed by atoms with Gasteiger partial charge < -0.3 is 10.2 Å². The summed E-state index contributed by atoms with van der Waals surface area (Å²) in [6, 6.07) is 11.6. The van der Waals surface area contributed by atoms with Crippen molar-refractivity contribution in [3.8, 4) is 0 Å². The molecule has 0 bridgehead atoms. The molecule has 0 aliphatic carbocycles. The SMILES string of the molecule is CC(CCN(C)C)NC(C)c1ccccc1. The minimum atomic E-state index is 0.429. The standard InChI is InChI=1S/C14H24N2/c1-12(10-11-16(3)4)15-13(2)14-8-6-5-7-9-14/h5-9,12-13,15H,10-11H2,1-4H3. The van der Waals surface area contributed by atoms with E-state index in [4.69, 9.17) is 0 Å². The lowest BCUT2D eigenvalue weighted by Crippen LogP contribution is -2.31. The van der Waals surface area contributed by atoms with Gasteiger partial charge in [0.25, 0.3) is 0 Å². The van der Waals surface area contributed by atoms with Crippen molar-refractivity contribution in [3.63, 3.8) is 0 Å². The van der Waals surface area contributed by atoms with E-state index in [1.54, 1.807) is 0 Å². The molecule has 1 aromatic carbocycles. The van der Waals surface area contributed by atoms with E-state index in [0.717, 1.165) is 6.54 Å². The first-order chi connectivity index (χ1) is 7.59. The lowest BCUT2D eigenvalue weighted by Gasteiger charge is -2.21. The summed E-state index contributed by atoms with van der Waals surface area (Å²) in [4.78, 5) is 2.23. The zero-order valence-corrected chi connectivity index (χ0v) is 10.9. The zero-order chi connectivity index (χ0) is 12.0. The van der Waals surface area contributed by atoms with Crippen LogP contribution in [0.1, 0.15) is 31.9 Å². The second-order valence-corrected chi connectivity index (χ2v) is 4.79. The molecule has 16 heavy (non-hydrogen) atoms. The van der Waals surface area contributed by atoms with Crippen LogP contribution in [0.5, 0.6) is 0 Å². The molecule has 0 saturated carbocycles. The molecule has 0 heterocycles. The van der Waals surface area contributed by atoms with Crippen LogP contribution in [0.25, 0.3) is 0 Å². The Labute approximate surface area is 99.7 Å². The molecule has 1 rings (SSSR count). The highest BCUT2D eigenvalue weighted by Crippen LogP contribution is 2.12. The first kappa shape index (κ1) is 13.2. The van der Waals surface area contributed by atoms with E-state index in [-0.39, 0.29) is 0 Å². The van der Waals surface area contributed by atoms with E-state index in [1.165, 1.54) is 12.0 Å². The maximum absolute atomic E-state index is 3.62. The topological polar surface area (TPSA) is 15.3 Å². The van der Waals surface area contributed by atoms with Crippen molar-refractivity contribution in [1.29, 1.82) is 0 Å². The van der Waals surface area contributed by atoms with Crippen molar-refractivity contribution < 1.29 is 0 Å². The molecule has 90 valence electrons. The number of hydrogen-bond acceptors (Lipinski definition) is 2. The Morgan fingerprint density at radius 2 is 1.75 bits per heavy atom. The fourth-order valence-corrected chi connectivity index (χ4v) is 1.80. The summed E-state index contributed by atoms with van der Waals surface area (Å²) >= 11 is 0. The van der Waals surface area contributed by atoms with Gasteiger partial charge >= 0.3 is 0 Å². The summed E-state index contributed by atoms with van der Waals surface area (Å²) in [5.74, 6) is 0. The summed E-state index contributed by atoms with van der Waals surface area (Å²) in [5, 5.41) is 3.62. The van der Waals surface area contributed by atoms with Gasteiger partial charge in [-0.3, -0.25) is 0 Å². The van der Waals surface area contributed by atoms with Crippen LogP contribution in [0.2, 0.25) is 0 Å². The Balaban J connectivity index is 2.36. The Bertz CT molecular complexity index is 282. The number of rotatable bonds is 6. The Kier molecular flexibility index (Phi) is 5.50. The van der Waals surface area contributed by atoms with Gasteiger partial charge in [-0.25, -0.2) is 0 Å². The molecular formula is C14H24N2. The third-order valence-electron chi connectivity index (χ3n) is 2.84. The second kappa shape index (κ2) is 6.66. The van der Waals surface area contributed by atoms with Crippen LogP contribution in [0.4, 0.5) is 0 Å². The van der Waals surface area contributed by atoms with Crippen LogP contribution >= 0.6 is 0 Å². The van der Waals surface area contributed by atoms with Gasteiger partial charge in [-0.15, -0.1) is 0 Å². The average Bonchev–Trinajstić information content (AvgIpc) is 2.27. The summed E-state index contributed by atoms with van der Waals surface area (Å²) in [7, 11) is 4.24. The molecule has 0 spiro atoms. The smallest absolute Gasteiger partial charge is 0.0294 e. The molecule has 1 aromatic rings. The van der Waals surface area contributed by atoms with E-state index in [2.05, 4.69) is 68.5 Å². The molecule has 0 aliphatic heterocycles. The maximum atomic E-state index is 3.62. The molecule has 0 aliphatic rings. The predicted octanol–water partition coefficient (Wildman–Crippen LogP) is 2.68. The minimum Gasteiger partial charge on any atom is -0.309 e. The van der Waals surface area contributed by atoms with Gasteiger partial charge in [0.15, 0.2) is 0 Å². The van der Waals surface area contributed by atoms with Gasteiger partial charge in [-0.05, 0) is 46.5 Å². The van der Waals surface area contributed by atoms with Gasteiger partial charge in [-0.2, -0.15) is 0 Å². The number of benzene rings is 1. The average molecular weight is 220 g/mol. The van der Waals surface area contributed by atoms with Crippen LogP contribution < -0.4 is 5.32 Å². The highest BCUT2D eigenvalue weighted by Gasteiger charge is 2.08. The summed E-state index contributed by atoms with van der Waals surface area (Å²) in [6.45, 7) is 5.61. The molecule has 0 fully saturated rings. The molecule has 2 unspecified atom stereocenters. The summed E-state index contributed by atoms with van der Waals surface area (Å²) in [5.41, 5.74) is 1.36. The molecule has 1 N–H and O–H groups in total. The lowest BCUT2D eigenvalue weighted by atomic mass is 10.1. The van der Waals surface area contributed by atoms with Crippen molar-refractivity contribution in [2.75, 3.05) is 20.6 Å². The monoisotopic (exact) mass is 220 g/mol. The highest BCUT2D eigenvalue weighted by atomic mass is 15.1. The molecule has 2 nitrogen and oxygen atoms in total. The van der Waals surface area contributed by atoms with Crippen LogP contribution in [0.3, 0.4) is 0 Å². The number of nitrogens with zero attached hydrogens (tertiary/aromatic N) is 1. The van der Waals surface area contributed by atoms with Crippen molar-refractivity contribution in [2.45, 2.75) is 32.4 Å². The Morgan fingerprint density at radius 1 is 1.12 bits per heavy atom. The van der Waals surface area contributed by atoms with E-state index >= 15 is 0 Å². The molecule has 0 radical (unpaired) electrons. The van der Waals surface area contributed by atoms with E-state index < -0.39 is 0 Å². The number of hydrogen-bond donors (Lipinski definition) is 1. The number of nitrogens with one attached hydrogen (secondary N) is 1. The van der Waals surface area contributed by atoms with Gasteiger partial charge in [0.2, 0.25) is 0 Å². The molecule has 2 heteroatoms. The predicted molar refractivity (Wildman–Crippen MR) is 70.6 cm³/mol. The normalized spacial score (nSPS) is 15.1. The van der Waals surface area contributed by atoms with E-state index in [1.807, 2.05) is 0 Å². The highest BCUT2D eigenvalue weighted by molar-refractivity contribution is 5.18. The third-order valence-corrected chi connectivity index (χ3v) is 2.84. The van der Waals surface area contributed by atoms with Crippen molar-refractivity contribution in [2.24, 2.45) is 0 Å². The van der Waals surface area contributed by atoms with Crippen LogP contribution in [0.15, 0.2) is 30.3 Å². The zero-order valence-electron chi connectivity index (χ0n) is 10.9. The summed E-state index contributed by atoms with van der Waals surface area (Å²) in [6.07, 6.45) is 1.18. The fourth-order valence-electron chi connectivity index (χ4n) is 1.80. The van der Waals surface area contributed by atoms with Crippen LogP contribution in [-0.4, -0.2) is 31.6 Å². The lowest BCUT2D eigenvalue weighted by molar-refractivity contribution is 0.354. The van der Waals surface area contributed by atoms with Gasteiger partial charge in [0, 0.05) is 12.1 Å². The van der Waals surface area contributed by atoms with Crippen LogP contribution in [0, 0.1) is 0 Å². The largest absolute Gasteiger partial charge is 0.309 e. The van der Waals surface area contributed by atoms with Crippen molar-refractivity contribution >= 4 is 0 Å².